The van der Waals surface area contributed by atoms with Gasteiger partial charge < -0.3 is 33.8 Å². The molecule has 19 heteroatoms. The summed E-state index contributed by atoms with van der Waals surface area (Å²) >= 11 is 0. The van der Waals surface area contributed by atoms with Crippen molar-refractivity contribution in [1.82, 2.24) is 0 Å². The Hall–Kier alpha value is -1.94. The van der Waals surface area contributed by atoms with Gasteiger partial charge in [-0.3, -0.25) is 37.3 Å². The number of carbonyl (C=O) groups excluding carboxylic acids is 4. The maximum absolute atomic E-state index is 13.1. The zero-order valence-corrected chi connectivity index (χ0v) is 64.8. The standard InChI is InChI=1S/C77H150O17P2/c1-9-70(8)56-48-40-35-36-42-50-58-75(80)88-64-73(94-76(81)59-51-43-33-27-21-15-13-11-10-12-14-18-23-29-37-45-53-67(2)3)66-92-96(85,86)90-62-71(78)61-89-95(83,84)91-65-72(93-77(82)60-52-44-34-28-22-25-31-39-47-55-69(6)7)63-87-74(79)57-49-41-32-26-20-17-16-19-24-30-38-46-54-68(4)5/h67-73,78H,9-66H2,1-8H3,(H,83,84)(H,85,86)/t70?,71-,72-,73-/m1/s1. The van der Waals surface area contributed by atoms with E-state index in [1.165, 1.54) is 186 Å². The first-order valence-corrected chi connectivity index (χ1v) is 42.7. The molecule has 0 fully saturated rings. The van der Waals surface area contributed by atoms with Crippen LogP contribution in [0, 0.1) is 23.7 Å². The summed E-state index contributed by atoms with van der Waals surface area (Å²) in [5.74, 6) is 0.937. The summed E-state index contributed by atoms with van der Waals surface area (Å²) in [4.78, 5) is 72.8. The van der Waals surface area contributed by atoms with Gasteiger partial charge in [0.05, 0.1) is 26.4 Å². The lowest BCUT2D eigenvalue weighted by atomic mass is 10.00. The molecule has 0 amide bonds. The number of hydrogen-bond acceptors (Lipinski definition) is 15. The number of phosphoric ester groups is 2. The van der Waals surface area contributed by atoms with Crippen LogP contribution in [0.3, 0.4) is 0 Å². The summed E-state index contributed by atoms with van der Waals surface area (Å²) in [7, 11) is -9.91. The second-order valence-corrected chi connectivity index (χ2v) is 32.3. The van der Waals surface area contributed by atoms with Crippen molar-refractivity contribution in [2.24, 2.45) is 23.7 Å². The van der Waals surface area contributed by atoms with Gasteiger partial charge in [0.15, 0.2) is 12.2 Å². The summed E-state index contributed by atoms with van der Waals surface area (Å²) in [5.41, 5.74) is 0. The van der Waals surface area contributed by atoms with E-state index in [1.54, 1.807) is 0 Å². The van der Waals surface area contributed by atoms with Crippen LogP contribution in [0.5, 0.6) is 0 Å². The molecule has 96 heavy (non-hydrogen) atoms. The van der Waals surface area contributed by atoms with E-state index in [0.29, 0.717) is 25.7 Å². The highest BCUT2D eigenvalue weighted by Gasteiger charge is 2.30. The molecular formula is C77H150O17P2. The van der Waals surface area contributed by atoms with E-state index in [1.807, 2.05) is 0 Å². The van der Waals surface area contributed by atoms with E-state index in [4.69, 9.17) is 37.0 Å². The number of rotatable bonds is 74. The SMILES string of the molecule is CCC(C)CCCCCCCCC(=O)OC[C@H](COP(=O)(O)OC[C@H](O)COP(=O)(O)OC[C@@H](COC(=O)CCCCCCCCCCCCCCC(C)C)OC(=O)CCCCCCCCCCCC(C)C)OC(=O)CCCCCCCCCCCCCCCCCCC(C)C. The molecule has 0 aromatic rings. The van der Waals surface area contributed by atoms with Crippen LogP contribution in [0.4, 0.5) is 0 Å². The van der Waals surface area contributed by atoms with Gasteiger partial charge >= 0.3 is 39.5 Å². The lowest BCUT2D eigenvalue weighted by Gasteiger charge is -2.21. The predicted octanol–water partition coefficient (Wildman–Crippen LogP) is 22.4. The summed E-state index contributed by atoms with van der Waals surface area (Å²) in [6, 6.07) is 0. The van der Waals surface area contributed by atoms with Gasteiger partial charge in [-0.1, -0.05) is 338 Å². The van der Waals surface area contributed by atoms with Gasteiger partial charge in [-0.05, 0) is 49.4 Å². The quantitative estimate of drug-likeness (QED) is 0.0222. The highest BCUT2D eigenvalue weighted by molar-refractivity contribution is 7.47. The number of esters is 4. The Morgan fingerprint density at radius 3 is 0.740 bits per heavy atom. The summed E-state index contributed by atoms with van der Waals surface area (Å²) < 4.78 is 68.5. The minimum Gasteiger partial charge on any atom is -0.462 e. The maximum atomic E-state index is 13.1. The summed E-state index contributed by atoms with van der Waals surface area (Å²) in [6.07, 6.45) is 51.4. The Bertz CT molecular complexity index is 1890. The van der Waals surface area contributed by atoms with Crippen LogP contribution in [-0.2, 0) is 65.4 Å². The number of ether oxygens (including phenoxy) is 4. The molecule has 6 atom stereocenters. The van der Waals surface area contributed by atoms with Crippen LogP contribution >= 0.6 is 15.6 Å². The van der Waals surface area contributed by atoms with Gasteiger partial charge in [0, 0.05) is 25.7 Å². The first-order chi connectivity index (χ1) is 46.1. The third-order valence-electron chi connectivity index (χ3n) is 18.2. The van der Waals surface area contributed by atoms with Crippen molar-refractivity contribution < 1.29 is 80.2 Å². The Labute approximate surface area is 588 Å². The molecule has 0 aromatic carbocycles. The molecule has 0 rings (SSSR count). The van der Waals surface area contributed by atoms with Crippen molar-refractivity contribution in [2.75, 3.05) is 39.6 Å². The van der Waals surface area contributed by atoms with E-state index >= 15 is 0 Å². The summed E-state index contributed by atoms with van der Waals surface area (Å²) in [6.45, 7) is 14.2. The molecule has 0 aliphatic carbocycles. The van der Waals surface area contributed by atoms with Crippen LogP contribution in [0.25, 0.3) is 0 Å². The van der Waals surface area contributed by atoms with E-state index < -0.39 is 97.5 Å². The number of aliphatic hydroxyl groups excluding tert-OH is 1. The fraction of sp³-hybridized carbons (Fsp3) is 0.948. The fourth-order valence-corrected chi connectivity index (χ4v) is 13.3. The number of unbranched alkanes of at least 4 members (excludes halogenated alkanes) is 39. The van der Waals surface area contributed by atoms with E-state index in [2.05, 4.69) is 55.4 Å². The Morgan fingerprint density at radius 1 is 0.292 bits per heavy atom. The molecule has 0 aromatic heterocycles. The van der Waals surface area contributed by atoms with Crippen molar-refractivity contribution >= 4 is 39.5 Å². The average Bonchev–Trinajstić information content (AvgIpc) is 3.11. The van der Waals surface area contributed by atoms with Crippen molar-refractivity contribution in [1.29, 1.82) is 0 Å². The largest absolute Gasteiger partial charge is 0.472 e. The van der Waals surface area contributed by atoms with Crippen molar-refractivity contribution in [2.45, 2.75) is 408 Å². The smallest absolute Gasteiger partial charge is 0.462 e. The topological polar surface area (TPSA) is 237 Å². The average molecular weight is 1410 g/mol. The molecule has 570 valence electrons. The molecule has 0 heterocycles. The Balaban J connectivity index is 5.22. The number of phosphoric acid groups is 2. The molecule has 0 aliphatic rings. The van der Waals surface area contributed by atoms with Crippen LogP contribution < -0.4 is 0 Å². The van der Waals surface area contributed by atoms with Gasteiger partial charge in [-0.25, -0.2) is 9.13 Å². The molecule has 0 saturated heterocycles. The first kappa shape index (κ1) is 94.1. The molecule has 0 bridgehead atoms. The molecule has 3 N–H and O–H groups in total. The van der Waals surface area contributed by atoms with Gasteiger partial charge in [0.25, 0.3) is 0 Å². The Morgan fingerprint density at radius 2 is 0.500 bits per heavy atom. The Kier molecular flexibility index (Phi) is 65.0. The van der Waals surface area contributed by atoms with Gasteiger partial charge in [0.2, 0.25) is 0 Å². The fourth-order valence-electron chi connectivity index (χ4n) is 11.7. The zero-order valence-electron chi connectivity index (χ0n) is 63.0. The molecule has 17 nitrogen and oxygen atoms in total. The van der Waals surface area contributed by atoms with Gasteiger partial charge in [-0.15, -0.1) is 0 Å². The monoisotopic (exact) mass is 1410 g/mol. The molecule has 0 saturated carbocycles. The van der Waals surface area contributed by atoms with Crippen LogP contribution in [0.15, 0.2) is 0 Å². The molecule has 0 radical (unpaired) electrons. The van der Waals surface area contributed by atoms with Crippen LogP contribution in [0.1, 0.15) is 389 Å². The number of aliphatic hydroxyl groups is 1. The highest BCUT2D eigenvalue weighted by Crippen LogP contribution is 2.45. The van der Waals surface area contributed by atoms with Gasteiger partial charge in [-0.2, -0.15) is 0 Å². The molecule has 3 unspecified atom stereocenters. The third-order valence-corrected chi connectivity index (χ3v) is 20.1. The highest BCUT2D eigenvalue weighted by atomic mass is 31.2. The number of carbonyl (C=O) groups is 4. The summed E-state index contributed by atoms with van der Waals surface area (Å²) in [5, 5.41) is 10.6. The minimum absolute atomic E-state index is 0.105. The van der Waals surface area contributed by atoms with E-state index in [0.717, 1.165) is 120 Å². The zero-order chi connectivity index (χ0) is 71.0. The van der Waals surface area contributed by atoms with Crippen LogP contribution in [0.2, 0.25) is 0 Å². The third kappa shape index (κ3) is 69.2. The predicted molar refractivity (Wildman–Crippen MR) is 391 cm³/mol. The molecular weight excluding hydrogens is 1260 g/mol. The first-order valence-electron chi connectivity index (χ1n) is 39.7. The second-order valence-electron chi connectivity index (χ2n) is 29.4. The number of hydrogen-bond donors (Lipinski definition) is 3. The van der Waals surface area contributed by atoms with Crippen molar-refractivity contribution in [3.63, 3.8) is 0 Å². The molecule has 0 spiro atoms. The maximum Gasteiger partial charge on any atom is 0.472 e. The van der Waals surface area contributed by atoms with Crippen molar-refractivity contribution in [3.8, 4) is 0 Å². The van der Waals surface area contributed by atoms with Crippen molar-refractivity contribution in [3.05, 3.63) is 0 Å². The minimum atomic E-state index is -4.96. The van der Waals surface area contributed by atoms with E-state index in [9.17, 15) is 43.2 Å². The van der Waals surface area contributed by atoms with Gasteiger partial charge in [0.1, 0.15) is 19.3 Å². The lowest BCUT2D eigenvalue weighted by molar-refractivity contribution is -0.161. The van der Waals surface area contributed by atoms with Crippen LogP contribution in [-0.4, -0.2) is 96.7 Å². The normalized spacial score (nSPS) is 14.4. The molecule has 0 aliphatic heterocycles. The lowest BCUT2D eigenvalue weighted by Crippen LogP contribution is -2.30. The van der Waals surface area contributed by atoms with E-state index in [-0.39, 0.29) is 25.7 Å². The second kappa shape index (κ2) is 66.3.